The predicted octanol–water partition coefficient (Wildman–Crippen LogP) is 5.06. The summed E-state index contributed by atoms with van der Waals surface area (Å²) in [5.74, 6) is -0.112. The highest BCUT2D eigenvalue weighted by Gasteiger charge is 2.21. The summed E-state index contributed by atoms with van der Waals surface area (Å²) in [6.07, 6.45) is 0.735. The van der Waals surface area contributed by atoms with Gasteiger partial charge in [0.05, 0.1) is 21.8 Å². The van der Waals surface area contributed by atoms with Gasteiger partial charge in [0.1, 0.15) is 0 Å². The number of amides is 1. The molecule has 0 saturated carbocycles. The van der Waals surface area contributed by atoms with Crippen molar-refractivity contribution in [1.29, 1.82) is 5.26 Å². The van der Waals surface area contributed by atoms with Crippen LogP contribution >= 0.6 is 11.3 Å². The number of thiazole rings is 1. The van der Waals surface area contributed by atoms with Gasteiger partial charge in [-0.05, 0) is 48.4 Å². The van der Waals surface area contributed by atoms with Crippen LogP contribution in [0.4, 0.5) is 5.13 Å². The third kappa shape index (κ3) is 3.78. The van der Waals surface area contributed by atoms with Crippen LogP contribution in [-0.2, 0) is 6.42 Å². The number of hydrogen-bond acceptors (Lipinski definition) is 4. The topological polar surface area (TPSA) is 57.0 Å². The summed E-state index contributed by atoms with van der Waals surface area (Å²) in [7, 11) is 0. The van der Waals surface area contributed by atoms with E-state index in [0.717, 1.165) is 16.6 Å². The maximum Gasteiger partial charge on any atom is 0.260 e. The van der Waals surface area contributed by atoms with E-state index in [1.54, 1.807) is 29.2 Å². The molecule has 0 N–H and O–H groups in total. The van der Waals surface area contributed by atoms with Gasteiger partial charge in [-0.3, -0.25) is 9.69 Å². The molecule has 0 aliphatic rings. The lowest BCUT2D eigenvalue weighted by molar-refractivity contribution is 0.0987. The van der Waals surface area contributed by atoms with Crippen LogP contribution in [0.25, 0.3) is 10.2 Å². The Morgan fingerprint density at radius 2 is 1.68 bits per heavy atom. The quantitative estimate of drug-likeness (QED) is 0.484. The monoisotopic (exact) mass is 383 g/mol. The first-order valence-electron chi connectivity index (χ1n) is 8.96. The average molecular weight is 383 g/mol. The van der Waals surface area contributed by atoms with E-state index in [0.29, 0.717) is 22.8 Å². The van der Waals surface area contributed by atoms with E-state index in [2.05, 4.69) is 23.2 Å². The molecule has 136 valence electrons. The largest absolute Gasteiger partial charge is 0.284 e. The van der Waals surface area contributed by atoms with Gasteiger partial charge < -0.3 is 0 Å². The lowest BCUT2D eigenvalue weighted by Gasteiger charge is -2.20. The molecule has 28 heavy (non-hydrogen) atoms. The van der Waals surface area contributed by atoms with E-state index in [-0.39, 0.29) is 5.91 Å². The van der Waals surface area contributed by atoms with Crippen molar-refractivity contribution in [2.45, 2.75) is 6.42 Å². The molecular formula is C23H17N3OS. The van der Waals surface area contributed by atoms with E-state index in [9.17, 15) is 4.79 Å². The molecule has 1 aromatic heterocycles. The maximum atomic E-state index is 13.3. The van der Waals surface area contributed by atoms with Crippen molar-refractivity contribution in [2.24, 2.45) is 0 Å². The molecular weight excluding hydrogens is 366 g/mol. The van der Waals surface area contributed by atoms with Gasteiger partial charge >= 0.3 is 0 Å². The number of anilines is 1. The summed E-state index contributed by atoms with van der Waals surface area (Å²) in [5, 5.41) is 9.68. The minimum absolute atomic E-state index is 0.112. The molecule has 0 bridgehead atoms. The Hall–Kier alpha value is -3.49. The number of carbonyl (C=O) groups excluding carboxylic acids is 1. The standard InChI is InChI=1S/C23H17N3OS/c24-16-18-10-12-19(13-11-18)22(27)26(15-14-17-6-2-1-3-7-17)23-25-20-8-4-5-9-21(20)28-23/h1-13H,14-15H2. The molecule has 1 amide bonds. The SMILES string of the molecule is N#Cc1ccc(C(=O)N(CCc2ccccc2)c2nc3ccccc3s2)cc1. The van der Waals surface area contributed by atoms with Crippen molar-refractivity contribution < 1.29 is 4.79 Å². The Morgan fingerprint density at radius 1 is 0.964 bits per heavy atom. The van der Waals surface area contributed by atoms with Crippen LogP contribution in [0.15, 0.2) is 78.9 Å². The molecule has 3 aromatic carbocycles. The van der Waals surface area contributed by atoms with Gasteiger partial charge in [-0.1, -0.05) is 53.8 Å². The van der Waals surface area contributed by atoms with Crippen LogP contribution in [-0.4, -0.2) is 17.4 Å². The maximum absolute atomic E-state index is 13.3. The Kier molecular flexibility index (Phi) is 5.14. The first kappa shape index (κ1) is 17.9. The highest BCUT2D eigenvalue weighted by molar-refractivity contribution is 7.22. The summed E-state index contributed by atoms with van der Waals surface area (Å²) >= 11 is 1.51. The Labute approximate surface area is 167 Å². The summed E-state index contributed by atoms with van der Waals surface area (Å²) < 4.78 is 1.05. The fourth-order valence-corrected chi connectivity index (χ4v) is 3.98. The number of nitriles is 1. The van der Waals surface area contributed by atoms with Crippen molar-refractivity contribution >= 4 is 32.6 Å². The van der Waals surface area contributed by atoms with Crippen molar-refractivity contribution in [2.75, 3.05) is 11.4 Å². The van der Waals surface area contributed by atoms with E-state index >= 15 is 0 Å². The van der Waals surface area contributed by atoms with Crippen molar-refractivity contribution in [1.82, 2.24) is 4.98 Å². The van der Waals surface area contributed by atoms with E-state index in [1.807, 2.05) is 42.5 Å². The lowest BCUT2D eigenvalue weighted by atomic mass is 10.1. The van der Waals surface area contributed by atoms with Crippen LogP contribution < -0.4 is 4.90 Å². The molecule has 0 spiro atoms. The van der Waals surface area contributed by atoms with Crippen molar-refractivity contribution in [3.05, 3.63) is 95.6 Å². The zero-order valence-electron chi connectivity index (χ0n) is 15.1. The highest BCUT2D eigenvalue weighted by Crippen LogP contribution is 2.29. The Morgan fingerprint density at radius 3 is 2.39 bits per heavy atom. The minimum atomic E-state index is -0.112. The normalized spacial score (nSPS) is 10.5. The van der Waals surface area contributed by atoms with Gasteiger partial charge in [0.25, 0.3) is 5.91 Å². The second-order valence-corrected chi connectivity index (χ2v) is 7.35. The summed E-state index contributed by atoms with van der Waals surface area (Å²) in [6, 6.07) is 26.8. The highest BCUT2D eigenvalue weighted by atomic mass is 32.1. The minimum Gasteiger partial charge on any atom is -0.284 e. The van der Waals surface area contributed by atoms with Crippen LogP contribution in [0.3, 0.4) is 0 Å². The Bertz CT molecular complexity index is 1110. The molecule has 4 nitrogen and oxygen atoms in total. The molecule has 0 aliphatic heterocycles. The zero-order chi connectivity index (χ0) is 19.3. The number of nitrogens with zero attached hydrogens (tertiary/aromatic N) is 3. The number of benzene rings is 3. The first-order valence-corrected chi connectivity index (χ1v) is 9.78. The number of para-hydroxylation sites is 1. The third-order valence-corrected chi connectivity index (χ3v) is 5.55. The summed E-state index contributed by atoms with van der Waals surface area (Å²) in [6.45, 7) is 0.530. The Balaban J connectivity index is 1.67. The van der Waals surface area contributed by atoms with Gasteiger partial charge in [0.15, 0.2) is 5.13 Å². The van der Waals surface area contributed by atoms with Crippen LogP contribution in [0, 0.1) is 11.3 Å². The van der Waals surface area contributed by atoms with Crippen LogP contribution in [0.5, 0.6) is 0 Å². The zero-order valence-corrected chi connectivity index (χ0v) is 15.9. The van der Waals surface area contributed by atoms with Gasteiger partial charge in [-0.2, -0.15) is 5.26 Å². The predicted molar refractivity (Wildman–Crippen MR) is 113 cm³/mol. The first-order chi connectivity index (χ1) is 13.7. The van der Waals surface area contributed by atoms with Gasteiger partial charge in [-0.25, -0.2) is 4.98 Å². The molecule has 4 rings (SSSR count). The molecule has 0 fully saturated rings. The second kappa shape index (κ2) is 8.03. The fraction of sp³-hybridized carbons (Fsp3) is 0.0870. The lowest BCUT2D eigenvalue weighted by Crippen LogP contribution is -2.32. The van der Waals surface area contributed by atoms with Crippen molar-refractivity contribution in [3.63, 3.8) is 0 Å². The molecule has 5 heteroatoms. The summed E-state index contributed by atoms with van der Waals surface area (Å²) in [5.41, 5.74) is 3.14. The number of carbonyl (C=O) groups is 1. The van der Waals surface area contributed by atoms with Gasteiger partial charge in [0, 0.05) is 12.1 Å². The second-order valence-electron chi connectivity index (χ2n) is 6.35. The van der Waals surface area contributed by atoms with Gasteiger partial charge in [0.2, 0.25) is 0 Å². The third-order valence-electron chi connectivity index (χ3n) is 4.49. The summed E-state index contributed by atoms with van der Waals surface area (Å²) in [4.78, 5) is 19.7. The van der Waals surface area contributed by atoms with E-state index in [1.165, 1.54) is 16.9 Å². The van der Waals surface area contributed by atoms with Crippen LogP contribution in [0.1, 0.15) is 21.5 Å². The number of rotatable bonds is 5. The average Bonchev–Trinajstić information content (AvgIpc) is 3.18. The molecule has 0 unspecified atom stereocenters. The van der Waals surface area contributed by atoms with E-state index < -0.39 is 0 Å². The number of fused-ring (bicyclic) bond motifs is 1. The number of hydrogen-bond donors (Lipinski definition) is 0. The smallest absolute Gasteiger partial charge is 0.260 e. The number of aromatic nitrogens is 1. The molecule has 0 atom stereocenters. The van der Waals surface area contributed by atoms with Gasteiger partial charge in [-0.15, -0.1) is 0 Å². The van der Waals surface area contributed by atoms with E-state index in [4.69, 9.17) is 5.26 Å². The molecule has 0 saturated heterocycles. The molecule has 0 aliphatic carbocycles. The molecule has 4 aromatic rings. The van der Waals surface area contributed by atoms with Crippen molar-refractivity contribution in [3.8, 4) is 6.07 Å². The fourth-order valence-electron chi connectivity index (χ4n) is 2.99. The van der Waals surface area contributed by atoms with Crippen LogP contribution in [0.2, 0.25) is 0 Å². The molecule has 1 heterocycles. The molecule has 0 radical (unpaired) electrons.